The molecule has 3 rings (SSSR count). The lowest BCUT2D eigenvalue weighted by Gasteiger charge is -2.34. The fraction of sp³-hybridized carbons (Fsp3) is 0.550. The van der Waals surface area contributed by atoms with Gasteiger partial charge in [-0.3, -0.25) is 4.79 Å². The highest BCUT2D eigenvalue weighted by Gasteiger charge is 2.24. The molecule has 27 heavy (non-hydrogen) atoms. The summed E-state index contributed by atoms with van der Waals surface area (Å²) in [5.74, 6) is 1.46. The summed E-state index contributed by atoms with van der Waals surface area (Å²) in [5, 5.41) is 3.95. The Hall–Kier alpha value is -1.99. The number of rotatable bonds is 7. The molecule has 6 nitrogen and oxygen atoms in total. The van der Waals surface area contributed by atoms with Gasteiger partial charge in [-0.25, -0.2) is 0 Å². The van der Waals surface area contributed by atoms with Crippen LogP contribution in [-0.2, 0) is 6.42 Å². The van der Waals surface area contributed by atoms with E-state index in [1.54, 1.807) is 7.11 Å². The van der Waals surface area contributed by atoms with Crippen LogP contribution in [0.1, 0.15) is 33.8 Å². The van der Waals surface area contributed by atoms with Crippen molar-refractivity contribution in [2.75, 3.05) is 40.3 Å². The van der Waals surface area contributed by atoms with Crippen LogP contribution in [-0.4, -0.2) is 65.6 Å². The number of aromatic nitrogens is 2. The number of piperidine rings is 1. The maximum absolute atomic E-state index is 12.6. The summed E-state index contributed by atoms with van der Waals surface area (Å²) in [6, 6.07) is 8.31. The molecule has 1 atom stereocenters. The third kappa shape index (κ3) is 5.26. The fourth-order valence-corrected chi connectivity index (χ4v) is 4.31. The zero-order chi connectivity index (χ0) is 19.2. The van der Waals surface area contributed by atoms with Gasteiger partial charge in [0.15, 0.2) is 0 Å². The van der Waals surface area contributed by atoms with Crippen LogP contribution in [0.4, 0.5) is 0 Å². The normalized spacial score (nSPS) is 17.7. The predicted molar refractivity (Wildman–Crippen MR) is 107 cm³/mol. The standard InChI is InChI=1S/C20H28N4O2S/c1-15-19(27-22-21-15)20(25)23(2)13-17-5-4-11-24(14-17)12-10-16-6-8-18(26-3)9-7-16/h6-9,17H,4-5,10-14H2,1-3H3/t17-/m1/s1. The molecule has 1 aromatic heterocycles. The summed E-state index contributed by atoms with van der Waals surface area (Å²) >= 11 is 1.19. The van der Waals surface area contributed by atoms with Crippen LogP contribution in [0.25, 0.3) is 0 Å². The highest BCUT2D eigenvalue weighted by Crippen LogP contribution is 2.20. The third-order valence-electron chi connectivity index (χ3n) is 5.20. The molecular weight excluding hydrogens is 360 g/mol. The van der Waals surface area contributed by atoms with Gasteiger partial charge in [0.2, 0.25) is 0 Å². The Bertz CT molecular complexity index is 747. The highest BCUT2D eigenvalue weighted by molar-refractivity contribution is 7.07. The predicted octanol–water partition coefficient (Wildman–Crippen LogP) is 2.88. The van der Waals surface area contributed by atoms with Gasteiger partial charge in [-0.2, -0.15) is 0 Å². The molecule has 0 spiro atoms. The minimum Gasteiger partial charge on any atom is -0.497 e. The molecule has 1 fully saturated rings. The van der Waals surface area contributed by atoms with E-state index in [1.807, 2.05) is 31.0 Å². The van der Waals surface area contributed by atoms with E-state index >= 15 is 0 Å². The molecular formula is C20H28N4O2S. The molecule has 146 valence electrons. The first-order chi connectivity index (χ1) is 13.1. The number of ether oxygens (including phenoxy) is 1. The van der Waals surface area contributed by atoms with Crippen LogP contribution < -0.4 is 4.74 Å². The van der Waals surface area contributed by atoms with Crippen molar-refractivity contribution >= 4 is 17.4 Å². The van der Waals surface area contributed by atoms with Gasteiger partial charge < -0.3 is 14.5 Å². The van der Waals surface area contributed by atoms with Crippen molar-refractivity contribution in [3.63, 3.8) is 0 Å². The Morgan fingerprint density at radius 1 is 1.37 bits per heavy atom. The number of hydrogen-bond donors (Lipinski definition) is 0. The zero-order valence-corrected chi connectivity index (χ0v) is 17.2. The first kappa shape index (κ1) is 19.8. The van der Waals surface area contributed by atoms with Crippen LogP contribution in [0.2, 0.25) is 0 Å². The lowest BCUT2D eigenvalue weighted by atomic mass is 9.97. The van der Waals surface area contributed by atoms with E-state index in [4.69, 9.17) is 4.74 Å². The van der Waals surface area contributed by atoms with Crippen molar-refractivity contribution in [1.29, 1.82) is 0 Å². The molecule has 0 aliphatic carbocycles. The molecule has 0 radical (unpaired) electrons. The van der Waals surface area contributed by atoms with Gasteiger partial charge in [0, 0.05) is 26.7 Å². The van der Waals surface area contributed by atoms with Crippen LogP contribution in [0, 0.1) is 12.8 Å². The molecule has 0 N–H and O–H groups in total. The van der Waals surface area contributed by atoms with Crippen molar-refractivity contribution in [2.24, 2.45) is 5.92 Å². The summed E-state index contributed by atoms with van der Waals surface area (Å²) in [7, 11) is 3.58. The summed E-state index contributed by atoms with van der Waals surface area (Å²) in [4.78, 5) is 17.6. The maximum atomic E-state index is 12.6. The first-order valence-electron chi connectivity index (χ1n) is 9.46. The van der Waals surface area contributed by atoms with E-state index in [-0.39, 0.29) is 5.91 Å². The van der Waals surface area contributed by atoms with Crippen LogP contribution >= 0.6 is 11.5 Å². The van der Waals surface area contributed by atoms with E-state index < -0.39 is 0 Å². The molecule has 2 heterocycles. The number of nitrogens with zero attached hydrogens (tertiary/aromatic N) is 4. The monoisotopic (exact) mass is 388 g/mol. The molecule has 0 bridgehead atoms. The van der Waals surface area contributed by atoms with Gasteiger partial charge in [0.25, 0.3) is 5.91 Å². The number of hydrogen-bond acceptors (Lipinski definition) is 6. The number of likely N-dealkylation sites (tertiary alicyclic amines) is 1. The van der Waals surface area contributed by atoms with Gasteiger partial charge in [0.05, 0.1) is 12.8 Å². The van der Waals surface area contributed by atoms with E-state index in [9.17, 15) is 4.79 Å². The maximum Gasteiger partial charge on any atom is 0.267 e. The van der Waals surface area contributed by atoms with Crippen molar-refractivity contribution in [3.05, 3.63) is 40.4 Å². The minimum atomic E-state index is 0.0397. The number of carbonyl (C=O) groups excluding carboxylic acids is 1. The smallest absolute Gasteiger partial charge is 0.267 e. The summed E-state index contributed by atoms with van der Waals surface area (Å²) in [5.41, 5.74) is 2.06. The highest BCUT2D eigenvalue weighted by atomic mass is 32.1. The van der Waals surface area contributed by atoms with Crippen molar-refractivity contribution in [1.82, 2.24) is 19.4 Å². The molecule has 0 unspecified atom stereocenters. The minimum absolute atomic E-state index is 0.0397. The van der Waals surface area contributed by atoms with Crippen LogP contribution in [0.5, 0.6) is 5.75 Å². The number of amides is 1. The van der Waals surface area contributed by atoms with Crippen molar-refractivity contribution in [2.45, 2.75) is 26.2 Å². The second kappa shape index (κ2) is 9.28. The average molecular weight is 389 g/mol. The Kier molecular flexibility index (Phi) is 6.79. The summed E-state index contributed by atoms with van der Waals surface area (Å²) in [6.07, 6.45) is 3.41. The molecule has 2 aromatic rings. The average Bonchev–Trinajstić information content (AvgIpc) is 3.12. The second-order valence-corrected chi connectivity index (χ2v) is 8.03. The SMILES string of the molecule is COc1ccc(CCN2CCC[C@H](CN(C)C(=O)c3snnc3C)C2)cc1. The van der Waals surface area contributed by atoms with Gasteiger partial charge >= 0.3 is 0 Å². The first-order valence-corrected chi connectivity index (χ1v) is 10.2. The Morgan fingerprint density at radius 2 is 2.15 bits per heavy atom. The zero-order valence-electron chi connectivity index (χ0n) is 16.4. The summed E-state index contributed by atoms with van der Waals surface area (Å²) < 4.78 is 9.09. The van der Waals surface area contributed by atoms with Crippen LogP contribution in [0.3, 0.4) is 0 Å². The molecule has 7 heteroatoms. The Balaban J connectivity index is 1.48. The number of carbonyl (C=O) groups is 1. The molecule has 1 amide bonds. The van der Waals surface area contributed by atoms with Gasteiger partial charge in [-0.1, -0.05) is 16.6 Å². The van der Waals surface area contributed by atoms with E-state index in [0.717, 1.165) is 44.0 Å². The number of benzene rings is 1. The van der Waals surface area contributed by atoms with Gasteiger partial charge in [-0.15, -0.1) is 5.10 Å². The quantitative estimate of drug-likeness (QED) is 0.730. The van der Waals surface area contributed by atoms with Crippen molar-refractivity contribution in [3.8, 4) is 5.75 Å². The van der Waals surface area contributed by atoms with Gasteiger partial charge in [-0.05, 0) is 67.9 Å². The molecule has 1 aliphatic heterocycles. The Morgan fingerprint density at radius 3 is 2.81 bits per heavy atom. The molecule has 1 saturated heterocycles. The summed E-state index contributed by atoms with van der Waals surface area (Å²) in [6.45, 7) is 5.87. The number of methoxy groups -OCH3 is 1. The van der Waals surface area contributed by atoms with Crippen LogP contribution in [0.15, 0.2) is 24.3 Å². The lowest BCUT2D eigenvalue weighted by Crippen LogP contribution is -2.42. The number of aryl methyl sites for hydroxylation is 1. The lowest BCUT2D eigenvalue weighted by molar-refractivity contribution is 0.0734. The largest absolute Gasteiger partial charge is 0.497 e. The van der Waals surface area contributed by atoms with E-state index in [2.05, 4.69) is 26.6 Å². The Labute approximate surface area is 165 Å². The molecule has 1 aliphatic rings. The van der Waals surface area contributed by atoms with Gasteiger partial charge in [0.1, 0.15) is 10.6 Å². The fourth-order valence-electron chi connectivity index (χ4n) is 3.65. The van der Waals surface area contributed by atoms with Crippen molar-refractivity contribution < 1.29 is 9.53 Å². The topological polar surface area (TPSA) is 58.6 Å². The third-order valence-corrected chi connectivity index (χ3v) is 6.02. The molecule has 1 aromatic carbocycles. The molecule has 0 saturated carbocycles. The van der Waals surface area contributed by atoms with E-state index in [1.165, 1.54) is 29.9 Å². The van der Waals surface area contributed by atoms with E-state index in [0.29, 0.717) is 10.8 Å². The second-order valence-electron chi connectivity index (χ2n) is 7.28.